The molecule has 0 bridgehead atoms. The summed E-state index contributed by atoms with van der Waals surface area (Å²) in [6, 6.07) is 3.50. The Kier molecular flexibility index (Phi) is 7.50. The minimum Gasteiger partial charge on any atom is -0.493 e. The van der Waals surface area contributed by atoms with E-state index in [1.54, 1.807) is 12.1 Å². The van der Waals surface area contributed by atoms with Crippen LogP contribution in [-0.4, -0.2) is 57.6 Å². The molecule has 0 radical (unpaired) electrons. The highest BCUT2D eigenvalue weighted by molar-refractivity contribution is 5.86. The number of aliphatic carboxylic acids is 1. The van der Waals surface area contributed by atoms with Gasteiger partial charge in [-0.25, -0.2) is 4.79 Å². The van der Waals surface area contributed by atoms with Crippen LogP contribution in [0.3, 0.4) is 0 Å². The fourth-order valence-electron chi connectivity index (χ4n) is 2.35. The van der Waals surface area contributed by atoms with E-state index in [4.69, 9.17) is 18.9 Å². The fraction of sp³-hybridized carbons (Fsp3) is 0.529. The Bertz CT molecular complexity index is 592. The van der Waals surface area contributed by atoms with Gasteiger partial charge >= 0.3 is 5.97 Å². The van der Waals surface area contributed by atoms with Gasteiger partial charge in [-0.2, -0.15) is 0 Å². The Morgan fingerprint density at radius 2 is 1.64 bits per heavy atom. The number of methoxy groups -OCH3 is 4. The first-order valence-corrected chi connectivity index (χ1v) is 7.63. The lowest BCUT2D eigenvalue weighted by Gasteiger charge is -2.25. The van der Waals surface area contributed by atoms with Crippen molar-refractivity contribution in [3.8, 4) is 17.2 Å². The first-order valence-electron chi connectivity index (χ1n) is 7.63. The molecule has 1 rings (SSSR count). The molecule has 0 fully saturated rings. The van der Waals surface area contributed by atoms with Crippen molar-refractivity contribution in [3.05, 3.63) is 17.7 Å². The number of carbonyl (C=O) groups excluding carboxylic acids is 1. The number of nitrogens with one attached hydrogen (secondary N) is 1. The van der Waals surface area contributed by atoms with Crippen LogP contribution in [0.4, 0.5) is 0 Å². The summed E-state index contributed by atoms with van der Waals surface area (Å²) in [5.74, 6) is -0.0954. The molecule has 0 aliphatic heterocycles. The minimum absolute atomic E-state index is 0.102. The van der Waals surface area contributed by atoms with E-state index in [0.29, 0.717) is 23.7 Å². The molecule has 0 saturated carbocycles. The van der Waals surface area contributed by atoms with E-state index in [1.807, 2.05) is 0 Å². The summed E-state index contributed by atoms with van der Waals surface area (Å²) in [7, 11) is 5.91. The van der Waals surface area contributed by atoms with E-state index in [0.717, 1.165) is 5.56 Å². The Hall–Kier alpha value is -2.48. The zero-order chi connectivity index (χ0) is 19.0. The SMILES string of the molecule is COCC(C)(NC(=O)CCc1cc(OC)c(OC)c(OC)c1)C(=O)O. The largest absolute Gasteiger partial charge is 0.493 e. The van der Waals surface area contributed by atoms with Crippen LogP contribution in [0.1, 0.15) is 18.9 Å². The van der Waals surface area contributed by atoms with Gasteiger partial charge in [0.05, 0.1) is 27.9 Å². The quantitative estimate of drug-likeness (QED) is 0.651. The molecule has 1 unspecified atom stereocenters. The average molecular weight is 355 g/mol. The number of ether oxygens (including phenoxy) is 4. The lowest BCUT2D eigenvalue weighted by molar-refractivity contribution is -0.149. The third kappa shape index (κ3) is 5.25. The van der Waals surface area contributed by atoms with Crippen LogP contribution >= 0.6 is 0 Å². The smallest absolute Gasteiger partial charge is 0.331 e. The minimum atomic E-state index is -1.47. The van der Waals surface area contributed by atoms with E-state index in [2.05, 4.69) is 5.32 Å². The van der Waals surface area contributed by atoms with Gasteiger partial charge < -0.3 is 29.4 Å². The molecule has 1 aromatic carbocycles. The van der Waals surface area contributed by atoms with Gasteiger partial charge in [-0.15, -0.1) is 0 Å². The van der Waals surface area contributed by atoms with Crippen molar-refractivity contribution in [2.24, 2.45) is 0 Å². The summed E-state index contributed by atoms with van der Waals surface area (Å²) in [6.45, 7) is 1.27. The number of hydrogen-bond acceptors (Lipinski definition) is 6. The van der Waals surface area contributed by atoms with Crippen molar-refractivity contribution in [2.45, 2.75) is 25.3 Å². The predicted molar refractivity (Wildman–Crippen MR) is 90.5 cm³/mol. The number of amides is 1. The molecule has 25 heavy (non-hydrogen) atoms. The average Bonchev–Trinajstić information content (AvgIpc) is 2.58. The van der Waals surface area contributed by atoms with Crippen molar-refractivity contribution in [2.75, 3.05) is 35.0 Å². The number of carboxylic acids is 1. The van der Waals surface area contributed by atoms with Crippen molar-refractivity contribution in [1.29, 1.82) is 0 Å². The van der Waals surface area contributed by atoms with Gasteiger partial charge in [0.15, 0.2) is 17.0 Å². The van der Waals surface area contributed by atoms with Gasteiger partial charge in [0, 0.05) is 13.5 Å². The van der Waals surface area contributed by atoms with Crippen molar-refractivity contribution in [1.82, 2.24) is 5.32 Å². The summed E-state index contributed by atoms with van der Waals surface area (Å²) in [6.07, 6.45) is 0.483. The molecule has 1 atom stereocenters. The van der Waals surface area contributed by atoms with E-state index in [-0.39, 0.29) is 13.0 Å². The summed E-state index contributed by atoms with van der Waals surface area (Å²) in [4.78, 5) is 23.4. The zero-order valence-electron chi connectivity index (χ0n) is 15.2. The number of rotatable bonds is 10. The first kappa shape index (κ1) is 20.6. The highest BCUT2D eigenvalue weighted by atomic mass is 16.5. The first-order chi connectivity index (χ1) is 11.8. The van der Waals surface area contributed by atoms with Crippen LogP contribution in [-0.2, 0) is 20.7 Å². The topological polar surface area (TPSA) is 103 Å². The maximum atomic E-state index is 12.1. The molecule has 0 aliphatic rings. The third-order valence-electron chi connectivity index (χ3n) is 3.69. The summed E-state index contributed by atoms with van der Waals surface area (Å²) < 4.78 is 20.7. The molecule has 0 heterocycles. The van der Waals surface area contributed by atoms with Crippen molar-refractivity contribution < 1.29 is 33.6 Å². The Morgan fingerprint density at radius 3 is 2.04 bits per heavy atom. The Balaban J connectivity index is 2.84. The van der Waals surface area contributed by atoms with Crippen LogP contribution in [0.15, 0.2) is 12.1 Å². The fourth-order valence-corrected chi connectivity index (χ4v) is 2.35. The van der Waals surface area contributed by atoms with Gasteiger partial charge in [0.1, 0.15) is 0 Å². The molecule has 0 saturated heterocycles. The third-order valence-corrected chi connectivity index (χ3v) is 3.69. The molecular weight excluding hydrogens is 330 g/mol. The normalized spacial score (nSPS) is 12.8. The number of carboxylic acid groups (broad SMARTS) is 1. The second-order valence-corrected chi connectivity index (χ2v) is 5.65. The Morgan fingerprint density at radius 1 is 1.08 bits per heavy atom. The molecule has 140 valence electrons. The molecule has 0 spiro atoms. The molecule has 0 aliphatic carbocycles. The number of carbonyl (C=O) groups is 2. The molecule has 2 N–H and O–H groups in total. The highest BCUT2D eigenvalue weighted by Gasteiger charge is 2.34. The van der Waals surface area contributed by atoms with E-state index >= 15 is 0 Å². The molecule has 1 amide bonds. The summed E-state index contributed by atoms with van der Waals surface area (Å²) in [5.41, 5.74) is -0.672. The highest BCUT2D eigenvalue weighted by Crippen LogP contribution is 2.38. The van der Waals surface area contributed by atoms with Gasteiger partial charge in [0.25, 0.3) is 0 Å². The van der Waals surface area contributed by atoms with Gasteiger partial charge in [-0.05, 0) is 31.0 Å². The lowest BCUT2D eigenvalue weighted by atomic mass is 10.0. The molecule has 8 heteroatoms. The maximum Gasteiger partial charge on any atom is 0.331 e. The molecular formula is C17H25NO7. The number of hydrogen-bond donors (Lipinski definition) is 2. The summed E-state index contributed by atoms with van der Waals surface area (Å²) >= 11 is 0. The maximum absolute atomic E-state index is 12.1. The second-order valence-electron chi connectivity index (χ2n) is 5.65. The van der Waals surface area contributed by atoms with Crippen LogP contribution in [0, 0.1) is 0 Å². The second kappa shape index (κ2) is 9.12. The van der Waals surface area contributed by atoms with Gasteiger partial charge in [-0.1, -0.05) is 0 Å². The van der Waals surface area contributed by atoms with Crippen LogP contribution < -0.4 is 19.5 Å². The molecule has 8 nitrogen and oxygen atoms in total. The van der Waals surface area contributed by atoms with Crippen LogP contribution in [0.25, 0.3) is 0 Å². The number of aryl methyl sites for hydroxylation is 1. The van der Waals surface area contributed by atoms with Crippen molar-refractivity contribution in [3.63, 3.8) is 0 Å². The molecule has 1 aromatic rings. The van der Waals surface area contributed by atoms with E-state index in [1.165, 1.54) is 35.4 Å². The van der Waals surface area contributed by atoms with Crippen LogP contribution in [0.5, 0.6) is 17.2 Å². The van der Waals surface area contributed by atoms with Crippen molar-refractivity contribution >= 4 is 11.9 Å². The monoisotopic (exact) mass is 355 g/mol. The summed E-state index contributed by atoms with van der Waals surface area (Å²) in [5, 5.41) is 11.7. The van der Waals surface area contributed by atoms with E-state index < -0.39 is 17.4 Å². The van der Waals surface area contributed by atoms with Gasteiger partial charge in [-0.3, -0.25) is 4.79 Å². The lowest BCUT2D eigenvalue weighted by Crippen LogP contribution is -2.55. The standard InChI is InChI=1S/C17H25NO7/c1-17(10-22-2,16(20)21)18-14(19)7-6-11-8-12(23-3)15(25-5)13(9-11)24-4/h8-9H,6-7,10H2,1-5H3,(H,18,19)(H,20,21). The van der Waals surface area contributed by atoms with Crippen LogP contribution in [0.2, 0.25) is 0 Å². The van der Waals surface area contributed by atoms with Gasteiger partial charge in [0.2, 0.25) is 11.7 Å². The Labute approximate surface area is 147 Å². The molecule has 0 aromatic heterocycles. The zero-order valence-corrected chi connectivity index (χ0v) is 15.2. The predicted octanol–water partition coefficient (Wildman–Crippen LogP) is 1.25. The van der Waals surface area contributed by atoms with E-state index in [9.17, 15) is 14.7 Å². The number of benzene rings is 1.